The summed E-state index contributed by atoms with van der Waals surface area (Å²) in [4.78, 5) is 17.4. The van der Waals surface area contributed by atoms with Gasteiger partial charge in [-0.15, -0.1) is 11.3 Å². The Labute approximate surface area is 181 Å². The zero-order chi connectivity index (χ0) is 21.0. The van der Waals surface area contributed by atoms with Gasteiger partial charge in [0.25, 0.3) is 0 Å². The molecule has 2 aromatic carbocycles. The summed E-state index contributed by atoms with van der Waals surface area (Å²) in [5.74, 6) is 0. The van der Waals surface area contributed by atoms with Gasteiger partial charge in [0.2, 0.25) is 0 Å². The van der Waals surface area contributed by atoms with E-state index in [1.165, 1.54) is 10.4 Å². The van der Waals surface area contributed by atoms with Crippen LogP contribution in [0, 0.1) is 0 Å². The van der Waals surface area contributed by atoms with E-state index in [9.17, 15) is 4.79 Å². The normalized spacial score (nSPS) is 10.7. The van der Waals surface area contributed by atoms with E-state index in [2.05, 4.69) is 34.6 Å². The van der Waals surface area contributed by atoms with Crippen molar-refractivity contribution >= 4 is 17.4 Å². The van der Waals surface area contributed by atoms with Crippen LogP contribution in [0.3, 0.4) is 0 Å². The minimum Gasteiger partial charge on any atom is -0.445 e. The highest BCUT2D eigenvalue weighted by atomic mass is 32.1. The molecule has 0 spiro atoms. The Morgan fingerprint density at radius 3 is 2.53 bits per heavy atom. The van der Waals surface area contributed by atoms with Crippen LogP contribution in [0.2, 0.25) is 0 Å². The predicted molar refractivity (Wildman–Crippen MR) is 121 cm³/mol. The number of aromatic nitrogens is 1. The fourth-order valence-corrected chi connectivity index (χ4v) is 4.00. The average Bonchev–Trinajstić information content (AvgIpc) is 3.26. The monoisotopic (exact) mass is 424 g/mol. The molecule has 0 aliphatic carbocycles. The lowest BCUT2D eigenvalue weighted by Gasteiger charge is -2.07. The number of carbonyl (C=O) groups is 1. The van der Waals surface area contributed by atoms with Crippen molar-refractivity contribution in [3.05, 3.63) is 76.8 Å². The van der Waals surface area contributed by atoms with Gasteiger partial charge >= 0.3 is 6.09 Å². The molecule has 0 bridgehead atoms. The first-order valence-corrected chi connectivity index (χ1v) is 11.2. The zero-order valence-corrected chi connectivity index (χ0v) is 17.9. The number of nitrogens with zero attached hydrogens (tertiary/aromatic N) is 1. The zero-order valence-electron chi connectivity index (χ0n) is 17.0. The fraction of sp³-hybridized carbons (Fsp3) is 0.333. The number of carbonyl (C=O) groups excluding carboxylic acids is 1. The number of rotatable bonds is 11. The SMILES string of the molecule is O=C(NCCCCc1ccc(-c2ncc(CCCO)s2)cc1)OCc1ccccc1. The summed E-state index contributed by atoms with van der Waals surface area (Å²) < 4.78 is 5.20. The molecule has 3 aromatic rings. The van der Waals surface area contributed by atoms with E-state index in [4.69, 9.17) is 9.84 Å². The Bertz CT molecular complexity index is 894. The highest BCUT2D eigenvalue weighted by Crippen LogP contribution is 2.26. The third kappa shape index (κ3) is 7.28. The number of alkyl carbamates (subject to hydrolysis) is 1. The van der Waals surface area contributed by atoms with E-state index in [1.54, 1.807) is 11.3 Å². The molecule has 6 heteroatoms. The number of aliphatic hydroxyl groups is 1. The summed E-state index contributed by atoms with van der Waals surface area (Å²) in [6.45, 7) is 1.12. The second-order valence-corrected chi connectivity index (χ2v) is 8.22. The van der Waals surface area contributed by atoms with E-state index >= 15 is 0 Å². The predicted octanol–water partition coefficient (Wildman–Crippen LogP) is 4.98. The number of unbranched alkanes of at least 4 members (excludes halogenated alkanes) is 1. The molecule has 5 nitrogen and oxygen atoms in total. The van der Waals surface area contributed by atoms with E-state index < -0.39 is 0 Å². The van der Waals surface area contributed by atoms with Crippen LogP contribution >= 0.6 is 11.3 Å². The number of hydrogen-bond donors (Lipinski definition) is 2. The van der Waals surface area contributed by atoms with Crippen LogP contribution in [0.5, 0.6) is 0 Å². The second kappa shape index (κ2) is 12.1. The molecule has 1 amide bonds. The molecule has 1 heterocycles. The lowest BCUT2D eigenvalue weighted by Crippen LogP contribution is -2.25. The average molecular weight is 425 g/mol. The van der Waals surface area contributed by atoms with Crippen molar-refractivity contribution in [1.29, 1.82) is 0 Å². The summed E-state index contributed by atoms with van der Waals surface area (Å²) >= 11 is 1.69. The molecular formula is C24H28N2O3S. The Morgan fingerprint density at radius 2 is 1.77 bits per heavy atom. The van der Waals surface area contributed by atoms with Gasteiger partial charge in [-0.1, -0.05) is 54.6 Å². The summed E-state index contributed by atoms with van der Waals surface area (Å²) in [6.07, 6.45) is 6.07. The van der Waals surface area contributed by atoms with Gasteiger partial charge in [-0.2, -0.15) is 0 Å². The number of thiazole rings is 1. The number of amides is 1. The van der Waals surface area contributed by atoms with Gasteiger partial charge in [0, 0.05) is 29.8 Å². The highest BCUT2D eigenvalue weighted by molar-refractivity contribution is 7.15. The molecular weight excluding hydrogens is 396 g/mol. The molecule has 30 heavy (non-hydrogen) atoms. The maximum atomic E-state index is 11.7. The largest absolute Gasteiger partial charge is 0.445 e. The molecule has 158 valence electrons. The van der Waals surface area contributed by atoms with Crippen molar-refractivity contribution in [3.63, 3.8) is 0 Å². The van der Waals surface area contributed by atoms with Gasteiger partial charge in [-0.05, 0) is 43.2 Å². The van der Waals surface area contributed by atoms with Crippen molar-refractivity contribution in [1.82, 2.24) is 10.3 Å². The van der Waals surface area contributed by atoms with Crippen LogP contribution in [-0.4, -0.2) is 29.3 Å². The first kappa shape index (κ1) is 22.0. The summed E-state index contributed by atoms with van der Waals surface area (Å²) in [7, 11) is 0. The van der Waals surface area contributed by atoms with Crippen molar-refractivity contribution in [2.75, 3.05) is 13.2 Å². The van der Waals surface area contributed by atoms with Crippen LogP contribution in [0.1, 0.15) is 35.3 Å². The van der Waals surface area contributed by atoms with E-state index in [0.717, 1.165) is 48.2 Å². The van der Waals surface area contributed by atoms with Crippen molar-refractivity contribution in [2.24, 2.45) is 0 Å². The fourth-order valence-electron chi connectivity index (χ4n) is 3.04. The molecule has 0 atom stereocenters. The van der Waals surface area contributed by atoms with Crippen LogP contribution < -0.4 is 5.32 Å². The highest BCUT2D eigenvalue weighted by Gasteiger charge is 2.05. The molecule has 0 aliphatic heterocycles. The first-order valence-electron chi connectivity index (χ1n) is 10.3. The molecule has 0 radical (unpaired) electrons. The van der Waals surface area contributed by atoms with Crippen LogP contribution in [0.25, 0.3) is 10.6 Å². The van der Waals surface area contributed by atoms with Crippen LogP contribution in [0.4, 0.5) is 4.79 Å². The Kier molecular flexibility index (Phi) is 8.87. The van der Waals surface area contributed by atoms with Gasteiger partial charge in [0.1, 0.15) is 11.6 Å². The van der Waals surface area contributed by atoms with Crippen molar-refractivity contribution < 1.29 is 14.6 Å². The number of ether oxygens (including phenoxy) is 1. The topological polar surface area (TPSA) is 71.5 Å². The van der Waals surface area contributed by atoms with E-state index in [0.29, 0.717) is 13.2 Å². The number of nitrogens with one attached hydrogen (secondary N) is 1. The number of aliphatic hydroxyl groups excluding tert-OH is 1. The number of benzene rings is 2. The van der Waals surface area contributed by atoms with Gasteiger partial charge in [-0.25, -0.2) is 9.78 Å². The van der Waals surface area contributed by atoms with Gasteiger partial charge < -0.3 is 15.2 Å². The molecule has 0 unspecified atom stereocenters. The Morgan fingerprint density at radius 1 is 0.967 bits per heavy atom. The molecule has 2 N–H and O–H groups in total. The third-order valence-corrected chi connectivity index (χ3v) is 5.82. The molecule has 0 fully saturated rings. The Balaban J connectivity index is 1.32. The standard InChI is InChI=1S/C24H28N2O3S/c27-16-6-10-22-17-26-23(30-22)21-13-11-19(12-14-21)7-4-5-15-25-24(28)29-18-20-8-2-1-3-9-20/h1-3,8-9,11-14,17,27H,4-7,10,15-16,18H2,(H,25,28). The van der Waals surface area contributed by atoms with Crippen molar-refractivity contribution in [2.45, 2.75) is 38.7 Å². The van der Waals surface area contributed by atoms with Gasteiger partial charge in [-0.3, -0.25) is 0 Å². The summed E-state index contributed by atoms with van der Waals surface area (Å²) in [6, 6.07) is 18.2. The van der Waals surface area contributed by atoms with Crippen LogP contribution in [0.15, 0.2) is 60.8 Å². The minimum atomic E-state index is -0.370. The molecule has 0 saturated heterocycles. The van der Waals surface area contributed by atoms with E-state index in [-0.39, 0.29) is 12.7 Å². The third-order valence-electron chi connectivity index (χ3n) is 4.71. The number of hydrogen-bond acceptors (Lipinski definition) is 5. The Hall–Kier alpha value is -2.70. The molecule has 3 rings (SSSR count). The first-order chi connectivity index (χ1) is 14.7. The maximum Gasteiger partial charge on any atom is 0.407 e. The smallest absolute Gasteiger partial charge is 0.407 e. The lowest BCUT2D eigenvalue weighted by molar-refractivity contribution is 0.139. The summed E-state index contributed by atoms with van der Waals surface area (Å²) in [5, 5.41) is 12.8. The molecule has 0 saturated carbocycles. The quantitative estimate of drug-likeness (QED) is 0.426. The second-order valence-electron chi connectivity index (χ2n) is 7.10. The van der Waals surface area contributed by atoms with Crippen molar-refractivity contribution in [3.8, 4) is 10.6 Å². The van der Waals surface area contributed by atoms with Gasteiger partial charge in [0.05, 0.1) is 0 Å². The summed E-state index contributed by atoms with van der Waals surface area (Å²) in [5.41, 5.74) is 3.39. The van der Waals surface area contributed by atoms with E-state index in [1.807, 2.05) is 36.5 Å². The molecule has 1 aromatic heterocycles. The lowest BCUT2D eigenvalue weighted by atomic mass is 10.1. The maximum absolute atomic E-state index is 11.7. The molecule has 0 aliphatic rings. The minimum absolute atomic E-state index is 0.215. The van der Waals surface area contributed by atoms with Gasteiger partial charge in [0.15, 0.2) is 0 Å². The number of aryl methyl sites for hydroxylation is 2. The van der Waals surface area contributed by atoms with Crippen LogP contribution in [-0.2, 0) is 24.2 Å².